The molecule has 6 heteroatoms. The summed E-state index contributed by atoms with van der Waals surface area (Å²) in [5.41, 5.74) is 1.66. The highest BCUT2D eigenvalue weighted by atomic mass is 32.2. The molecule has 0 fully saturated rings. The van der Waals surface area contributed by atoms with E-state index >= 15 is 0 Å². The van der Waals surface area contributed by atoms with Crippen molar-refractivity contribution in [3.8, 4) is 0 Å². The van der Waals surface area contributed by atoms with Crippen molar-refractivity contribution in [2.45, 2.75) is 25.6 Å². The highest BCUT2D eigenvalue weighted by Crippen LogP contribution is 2.19. The smallest absolute Gasteiger partial charge is 0.272 e. The minimum absolute atomic E-state index is 0.0745. The second-order valence-corrected chi connectivity index (χ2v) is 6.12. The second kappa shape index (κ2) is 6.61. The minimum Gasteiger partial charge on any atom is -0.311 e. The first-order valence-electron chi connectivity index (χ1n) is 5.68. The number of nitro groups is 1. The van der Waals surface area contributed by atoms with Crippen LogP contribution in [-0.2, 0) is 17.3 Å². The molecule has 0 saturated carbocycles. The van der Waals surface area contributed by atoms with Crippen molar-refractivity contribution in [1.82, 2.24) is 5.32 Å². The van der Waals surface area contributed by atoms with E-state index in [4.69, 9.17) is 0 Å². The number of nitro benzene ring substituents is 1. The summed E-state index contributed by atoms with van der Waals surface area (Å²) in [4.78, 5) is 10.4. The molecule has 100 valence electrons. The van der Waals surface area contributed by atoms with Crippen LogP contribution in [0.1, 0.15) is 18.1 Å². The van der Waals surface area contributed by atoms with Gasteiger partial charge in [0.05, 0.1) is 4.92 Å². The Bertz CT molecular complexity index is 463. The van der Waals surface area contributed by atoms with Crippen LogP contribution in [0.3, 0.4) is 0 Å². The lowest BCUT2D eigenvalue weighted by atomic mass is 10.1. The van der Waals surface area contributed by atoms with Gasteiger partial charge in [-0.2, -0.15) is 0 Å². The van der Waals surface area contributed by atoms with E-state index in [1.807, 2.05) is 13.0 Å². The van der Waals surface area contributed by atoms with Crippen molar-refractivity contribution in [2.75, 3.05) is 12.8 Å². The van der Waals surface area contributed by atoms with Crippen LogP contribution in [0.5, 0.6) is 0 Å². The minimum atomic E-state index is -0.854. The lowest BCUT2D eigenvalue weighted by molar-refractivity contribution is -0.385. The van der Waals surface area contributed by atoms with Crippen molar-refractivity contribution in [2.24, 2.45) is 0 Å². The maximum absolute atomic E-state index is 11.2. The van der Waals surface area contributed by atoms with Crippen LogP contribution < -0.4 is 5.32 Å². The van der Waals surface area contributed by atoms with Crippen LogP contribution in [0.4, 0.5) is 5.69 Å². The molecule has 0 spiro atoms. The fourth-order valence-corrected chi connectivity index (χ4v) is 1.85. The molecule has 0 aliphatic rings. The Kier molecular flexibility index (Phi) is 5.43. The van der Waals surface area contributed by atoms with Crippen LogP contribution in [0.25, 0.3) is 0 Å². The van der Waals surface area contributed by atoms with E-state index in [0.29, 0.717) is 18.7 Å². The number of hydrogen-bond donors (Lipinski definition) is 1. The monoisotopic (exact) mass is 270 g/mol. The van der Waals surface area contributed by atoms with Crippen LogP contribution >= 0.6 is 0 Å². The second-order valence-electron chi connectivity index (χ2n) is 4.32. The molecular weight excluding hydrogens is 252 g/mol. The van der Waals surface area contributed by atoms with E-state index in [-0.39, 0.29) is 15.9 Å². The van der Waals surface area contributed by atoms with Gasteiger partial charge in [-0.15, -0.1) is 0 Å². The zero-order valence-electron chi connectivity index (χ0n) is 10.8. The van der Waals surface area contributed by atoms with Gasteiger partial charge in [0.15, 0.2) is 0 Å². The quantitative estimate of drug-likeness (QED) is 0.631. The molecule has 0 aliphatic heterocycles. The molecule has 0 aliphatic carbocycles. The number of benzene rings is 1. The average molecular weight is 270 g/mol. The van der Waals surface area contributed by atoms with Crippen molar-refractivity contribution < 1.29 is 9.13 Å². The Balaban J connectivity index is 2.61. The van der Waals surface area contributed by atoms with Gasteiger partial charge in [0.25, 0.3) is 5.69 Å². The maximum atomic E-state index is 11.2. The van der Waals surface area contributed by atoms with Crippen LogP contribution in [-0.4, -0.2) is 27.2 Å². The van der Waals surface area contributed by atoms with Crippen LogP contribution in [0.2, 0.25) is 0 Å². The normalized spacial score (nSPS) is 14.2. The Hall–Kier alpha value is -1.27. The summed E-state index contributed by atoms with van der Waals surface area (Å²) < 4.78 is 11.2. The fourth-order valence-electron chi connectivity index (χ4n) is 1.50. The molecule has 1 aromatic carbocycles. The van der Waals surface area contributed by atoms with E-state index in [9.17, 15) is 14.3 Å². The molecule has 18 heavy (non-hydrogen) atoms. The summed E-state index contributed by atoms with van der Waals surface area (Å²) >= 11 is 0. The molecule has 0 heterocycles. The third kappa shape index (κ3) is 4.19. The average Bonchev–Trinajstić information content (AvgIpc) is 2.30. The number of hydrogen-bond acceptors (Lipinski definition) is 4. The summed E-state index contributed by atoms with van der Waals surface area (Å²) in [6.07, 6.45) is 1.67. The largest absolute Gasteiger partial charge is 0.311 e. The zero-order chi connectivity index (χ0) is 13.7. The first-order chi connectivity index (χ1) is 8.41. The number of aryl methyl sites for hydroxylation is 1. The fraction of sp³-hybridized carbons (Fsp3) is 0.500. The summed E-state index contributed by atoms with van der Waals surface area (Å²) in [6, 6.07) is 5.19. The first-order valence-corrected chi connectivity index (χ1v) is 7.30. The lowest BCUT2D eigenvalue weighted by Gasteiger charge is -2.10. The third-order valence-corrected chi connectivity index (χ3v) is 4.10. The van der Waals surface area contributed by atoms with Gasteiger partial charge in [-0.05, 0) is 19.4 Å². The summed E-state index contributed by atoms with van der Waals surface area (Å²) in [5.74, 6) is 0. The third-order valence-electron chi connectivity index (χ3n) is 2.80. The predicted molar refractivity (Wildman–Crippen MR) is 73.1 cm³/mol. The summed E-state index contributed by atoms with van der Waals surface area (Å²) in [7, 11) is -0.854. The lowest BCUT2D eigenvalue weighted by Crippen LogP contribution is -2.27. The van der Waals surface area contributed by atoms with Crippen LogP contribution in [0, 0.1) is 17.0 Å². The first kappa shape index (κ1) is 14.8. The van der Waals surface area contributed by atoms with Crippen molar-refractivity contribution in [3.05, 3.63) is 39.4 Å². The van der Waals surface area contributed by atoms with Crippen LogP contribution in [0.15, 0.2) is 18.2 Å². The van der Waals surface area contributed by atoms with E-state index in [1.54, 1.807) is 25.3 Å². The molecule has 2 unspecified atom stereocenters. The van der Waals surface area contributed by atoms with E-state index in [0.717, 1.165) is 5.56 Å². The van der Waals surface area contributed by atoms with Gasteiger partial charge in [-0.3, -0.25) is 14.3 Å². The summed E-state index contributed by atoms with van der Waals surface area (Å²) in [5, 5.41) is 14.0. The van der Waals surface area contributed by atoms with E-state index in [1.165, 1.54) is 0 Å². The van der Waals surface area contributed by atoms with Gasteiger partial charge in [-0.25, -0.2) is 0 Å². The van der Waals surface area contributed by atoms with E-state index < -0.39 is 10.8 Å². The molecule has 5 nitrogen and oxygen atoms in total. The predicted octanol–water partition coefficient (Wildman–Crippen LogP) is 1.76. The summed E-state index contributed by atoms with van der Waals surface area (Å²) in [6.45, 7) is 4.80. The van der Waals surface area contributed by atoms with Crippen molar-refractivity contribution in [1.29, 1.82) is 0 Å². The Morgan fingerprint density at radius 2 is 2.17 bits per heavy atom. The molecular formula is C12H18N2O3S. The Labute approximate surface area is 109 Å². The van der Waals surface area contributed by atoms with Crippen molar-refractivity contribution >= 4 is 16.5 Å². The number of rotatable bonds is 6. The Morgan fingerprint density at radius 3 is 2.72 bits per heavy atom. The molecule has 0 saturated heterocycles. The molecule has 0 bridgehead atoms. The molecule has 1 rings (SSSR count). The highest BCUT2D eigenvalue weighted by Gasteiger charge is 2.11. The Morgan fingerprint density at radius 1 is 1.50 bits per heavy atom. The topological polar surface area (TPSA) is 72.2 Å². The SMILES string of the molecule is Cc1ccc(CNCC(C)S(C)=O)cc1[N+](=O)[O-]. The van der Waals surface area contributed by atoms with Gasteiger partial charge in [0, 0.05) is 47.0 Å². The van der Waals surface area contributed by atoms with Gasteiger partial charge in [0.1, 0.15) is 0 Å². The molecule has 2 atom stereocenters. The molecule has 1 N–H and O–H groups in total. The van der Waals surface area contributed by atoms with Gasteiger partial charge >= 0.3 is 0 Å². The number of nitrogens with one attached hydrogen (secondary N) is 1. The highest BCUT2D eigenvalue weighted by molar-refractivity contribution is 7.84. The standard InChI is InChI=1S/C12H18N2O3S/c1-9-4-5-11(6-12(9)14(15)16)8-13-7-10(2)18(3)17/h4-6,10,13H,7-8H2,1-3H3. The van der Waals surface area contributed by atoms with Crippen molar-refractivity contribution in [3.63, 3.8) is 0 Å². The van der Waals surface area contributed by atoms with Gasteiger partial charge in [0.2, 0.25) is 0 Å². The molecule has 0 aromatic heterocycles. The molecule has 0 amide bonds. The molecule has 1 aromatic rings. The van der Waals surface area contributed by atoms with Gasteiger partial charge < -0.3 is 5.32 Å². The maximum Gasteiger partial charge on any atom is 0.272 e. The number of nitrogens with zero attached hydrogens (tertiary/aromatic N) is 1. The molecule has 0 radical (unpaired) electrons. The van der Waals surface area contributed by atoms with E-state index in [2.05, 4.69) is 5.32 Å². The van der Waals surface area contributed by atoms with Gasteiger partial charge in [-0.1, -0.05) is 12.1 Å². The zero-order valence-corrected chi connectivity index (χ0v) is 11.6.